The fraction of sp³-hybridized carbons (Fsp3) is 0.417. The molecular weight excluding hydrogens is 599 g/mol. The highest BCUT2D eigenvalue weighted by molar-refractivity contribution is 5.92. The Morgan fingerprint density at radius 2 is 1.57 bits per heavy atom. The molecule has 0 spiro atoms. The van der Waals surface area contributed by atoms with Gasteiger partial charge in [0.2, 0.25) is 0 Å². The Morgan fingerprint density at radius 3 is 2.21 bits per heavy atom. The molecule has 252 valence electrons. The smallest absolute Gasteiger partial charge is 0.419 e. The Morgan fingerprint density at radius 1 is 0.915 bits per heavy atom. The van der Waals surface area contributed by atoms with Crippen molar-refractivity contribution in [3.63, 3.8) is 0 Å². The van der Waals surface area contributed by atoms with Crippen LogP contribution in [0.2, 0.25) is 0 Å². The lowest BCUT2D eigenvalue weighted by atomic mass is 10.1. The number of amides is 1. The molecule has 11 heteroatoms. The van der Waals surface area contributed by atoms with Crippen LogP contribution in [0.25, 0.3) is 27.8 Å². The van der Waals surface area contributed by atoms with Gasteiger partial charge in [0.05, 0.1) is 23.6 Å². The van der Waals surface area contributed by atoms with E-state index >= 15 is 0 Å². The average Bonchev–Trinajstić information content (AvgIpc) is 3.58. The third-order valence-corrected chi connectivity index (χ3v) is 6.51. The largest absolute Gasteiger partial charge is 0.443 e. The van der Waals surface area contributed by atoms with Crippen molar-refractivity contribution in [3.05, 3.63) is 78.1 Å². The van der Waals surface area contributed by atoms with Crippen molar-refractivity contribution < 1.29 is 23.5 Å². The Balaban J connectivity index is 0.00000144. The van der Waals surface area contributed by atoms with E-state index in [-0.39, 0.29) is 6.54 Å². The maximum absolute atomic E-state index is 14.1. The van der Waals surface area contributed by atoms with Gasteiger partial charge in [0.1, 0.15) is 22.8 Å². The minimum Gasteiger partial charge on any atom is -0.443 e. The molecule has 0 bridgehead atoms. The van der Waals surface area contributed by atoms with E-state index in [9.17, 15) is 14.0 Å². The summed E-state index contributed by atoms with van der Waals surface area (Å²) in [4.78, 5) is 37.0. The molecule has 0 unspecified atom stereocenters. The van der Waals surface area contributed by atoms with Crippen LogP contribution in [0.1, 0.15) is 80.4 Å². The number of pyridine rings is 1. The van der Waals surface area contributed by atoms with Crippen molar-refractivity contribution in [2.75, 3.05) is 11.4 Å². The lowest BCUT2D eigenvalue weighted by molar-refractivity contribution is 0.0540. The van der Waals surface area contributed by atoms with Crippen molar-refractivity contribution in [3.8, 4) is 11.3 Å². The number of carbonyl (C=O) groups excluding carboxylic acids is 2. The number of hydrogen-bond acceptors (Lipinski definition) is 7. The van der Waals surface area contributed by atoms with E-state index in [1.165, 1.54) is 21.7 Å². The van der Waals surface area contributed by atoms with E-state index in [0.717, 1.165) is 22.7 Å². The van der Waals surface area contributed by atoms with Crippen molar-refractivity contribution in [2.45, 2.75) is 93.8 Å². The summed E-state index contributed by atoms with van der Waals surface area (Å²) in [6.45, 7) is 20.9. The van der Waals surface area contributed by atoms with E-state index in [0.29, 0.717) is 34.7 Å². The van der Waals surface area contributed by atoms with Crippen LogP contribution in [0.4, 0.5) is 19.8 Å². The second-order valence-corrected chi connectivity index (χ2v) is 12.4. The maximum Gasteiger partial charge on any atom is 0.419 e. The summed E-state index contributed by atoms with van der Waals surface area (Å²) >= 11 is 0. The molecule has 0 aliphatic rings. The zero-order valence-electron chi connectivity index (χ0n) is 29.4. The van der Waals surface area contributed by atoms with Gasteiger partial charge >= 0.3 is 12.2 Å². The monoisotopic (exact) mass is 646 g/mol. The predicted octanol–water partition coefficient (Wildman–Crippen LogP) is 9.01. The minimum atomic E-state index is -0.774. The Labute approximate surface area is 276 Å². The molecule has 10 nitrogen and oxygen atoms in total. The maximum atomic E-state index is 14.1. The Bertz CT molecular complexity index is 1830. The molecule has 0 aliphatic heterocycles. The van der Waals surface area contributed by atoms with Gasteiger partial charge in [-0.25, -0.2) is 19.0 Å². The zero-order valence-corrected chi connectivity index (χ0v) is 29.4. The summed E-state index contributed by atoms with van der Waals surface area (Å²) < 4.78 is 28.6. The molecule has 5 rings (SSSR count). The number of aryl methyl sites for hydroxylation is 1. The molecule has 5 aromatic rings. The molecule has 47 heavy (non-hydrogen) atoms. The van der Waals surface area contributed by atoms with Crippen LogP contribution in [0.5, 0.6) is 0 Å². The molecule has 1 aromatic carbocycles. The quantitative estimate of drug-likeness (QED) is 0.188. The summed E-state index contributed by atoms with van der Waals surface area (Å²) in [6, 6.07) is 10.5. The molecule has 0 fully saturated rings. The zero-order chi connectivity index (χ0) is 35.1. The lowest BCUT2D eigenvalue weighted by Gasteiger charge is -2.28. The van der Waals surface area contributed by atoms with E-state index in [1.54, 1.807) is 43.7 Å². The topological polar surface area (TPSA) is 104 Å². The molecule has 0 radical (unpaired) electrons. The van der Waals surface area contributed by atoms with Gasteiger partial charge < -0.3 is 9.47 Å². The van der Waals surface area contributed by atoms with Crippen LogP contribution in [0.3, 0.4) is 0 Å². The normalized spacial score (nSPS) is 11.3. The van der Waals surface area contributed by atoms with Gasteiger partial charge in [-0.05, 0) is 72.6 Å². The molecule has 4 aromatic heterocycles. The van der Waals surface area contributed by atoms with Gasteiger partial charge in [0.25, 0.3) is 0 Å². The number of carbonyl (C=O) groups is 2. The summed E-state index contributed by atoms with van der Waals surface area (Å²) in [5.74, 6) is -0.112. The van der Waals surface area contributed by atoms with E-state index in [1.807, 2.05) is 79.7 Å². The fourth-order valence-corrected chi connectivity index (χ4v) is 4.71. The predicted molar refractivity (Wildman–Crippen MR) is 184 cm³/mol. The lowest BCUT2D eigenvalue weighted by Crippen LogP contribution is -2.39. The number of hydrogen-bond donors (Lipinski definition) is 0. The van der Waals surface area contributed by atoms with E-state index in [4.69, 9.17) is 14.5 Å². The number of fused-ring (bicyclic) bond motifs is 2. The van der Waals surface area contributed by atoms with Crippen LogP contribution < -0.4 is 4.90 Å². The first-order valence-corrected chi connectivity index (χ1v) is 16.0. The van der Waals surface area contributed by atoms with Crippen LogP contribution in [0, 0.1) is 12.7 Å². The summed E-state index contributed by atoms with van der Waals surface area (Å²) in [7, 11) is 0. The van der Waals surface area contributed by atoms with Crippen LogP contribution in [0.15, 0.2) is 61.2 Å². The second kappa shape index (κ2) is 15.2. The SMILES string of the molecule is CC.CC.Cc1cnn2c(N(CCc3cn(C(=O)OC(C)(C)C)c4ccccc34)C(=O)OC(C)(C)C)cc(-c3cncc(F)c3)nc12. The summed E-state index contributed by atoms with van der Waals surface area (Å²) in [5.41, 5.74) is 2.26. The van der Waals surface area contributed by atoms with Crippen LogP contribution in [-0.2, 0) is 15.9 Å². The van der Waals surface area contributed by atoms with Gasteiger partial charge in [-0.2, -0.15) is 9.61 Å². The molecular formula is C36H47FN6O4. The number of halogens is 1. The van der Waals surface area contributed by atoms with E-state index in [2.05, 4.69) is 10.1 Å². The first-order chi connectivity index (χ1) is 22.2. The number of para-hydroxylation sites is 1. The molecule has 1 amide bonds. The van der Waals surface area contributed by atoms with Gasteiger partial charge in [0.15, 0.2) is 5.65 Å². The summed E-state index contributed by atoms with van der Waals surface area (Å²) in [5, 5.41) is 5.35. The van der Waals surface area contributed by atoms with Crippen molar-refractivity contribution in [2.24, 2.45) is 0 Å². The first kappa shape index (κ1) is 36.7. The molecule has 0 saturated heterocycles. The van der Waals surface area contributed by atoms with E-state index < -0.39 is 29.2 Å². The van der Waals surface area contributed by atoms with Crippen molar-refractivity contribution >= 4 is 34.6 Å². The minimum absolute atomic E-state index is 0.177. The first-order valence-electron chi connectivity index (χ1n) is 16.0. The summed E-state index contributed by atoms with van der Waals surface area (Å²) in [6.07, 6.45) is 5.32. The number of anilines is 1. The molecule has 0 N–H and O–H groups in total. The molecule has 0 saturated carbocycles. The van der Waals surface area contributed by atoms with Crippen LogP contribution in [-0.4, -0.2) is 54.1 Å². The molecule has 0 aliphatic carbocycles. The van der Waals surface area contributed by atoms with Crippen molar-refractivity contribution in [1.29, 1.82) is 0 Å². The van der Waals surface area contributed by atoms with Gasteiger partial charge in [-0.1, -0.05) is 45.9 Å². The number of ether oxygens (including phenoxy) is 2. The average molecular weight is 647 g/mol. The highest BCUT2D eigenvalue weighted by atomic mass is 19.1. The third-order valence-electron chi connectivity index (χ3n) is 6.51. The number of nitrogens with zero attached hydrogens (tertiary/aromatic N) is 6. The fourth-order valence-electron chi connectivity index (χ4n) is 4.71. The highest BCUT2D eigenvalue weighted by Gasteiger charge is 2.28. The van der Waals surface area contributed by atoms with Gasteiger partial charge in [0, 0.05) is 41.5 Å². The number of rotatable bonds is 5. The number of benzene rings is 1. The standard InChI is InChI=1S/C32H35FN6O4.2C2H6/c1-20-16-35-39-27(15-25(36-28(20)39)22-14-23(33)18-34-17-22)37(29(40)42-31(2,3)4)13-12-21-19-38(30(41)43-32(5,6)7)26-11-9-8-10-24(21)26;2*1-2/h8-11,14-19H,12-13H2,1-7H3;2*1-2H3. The highest BCUT2D eigenvalue weighted by Crippen LogP contribution is 2.29. The molecule has 4 heterocycles. The van der Waals surface area contributed by atoms with Crippen molar-refractivity contribution in [1.82, 2.24) is 24.1 Å². The van der Waals surface area contributed by atoms with Gasteiger partial charge in [-0.15, -0.1) is 0 Å². The second-order valence-electron chi connectivity index (χ2n) is 12.4. The third kappa shape index (κ3) is 8.93. The number of aromatic nitrogens is 5. The Kier molecular flexibility index (Phi) is 11.9. The van der Waals surface area contributed by atoms with Crippen LogP contribution >= 0.6 is 0 Å². The Hall–Kier alpha value is -4.80. The molecule has 0 atom stereocenters. The van der Waals surface area contributed by atoms with Gasteiger partial charge in [-0.3, -0.25) is 14.5 Å².